The lowest BCUT2D eigenvalue weighted by molar-refractivity contribution is 0.0906. The van der Waals surface area contributed by atoms with Gasteiger partial charge in [0.05, 0.1) is 13.2 Å². The van der Waals surface area contributed by atoms with Gasteiger partial charge in [-0.25, -0.2) is 0 Å². The Hall–Kier alpha value is -2.67. The standard InChI is InChI=1S/C16H15N3O3S/c1-10(13-4-3-9-23-13)17-14(20)16-19-18-15(22-16)11-5-7-12(21-2)8-6-11/h3-10H,1-2H3,(H,17,20)/t10-/m1/s1. The molecule has 0 radical (unpaired) electrons. The zero-order valence-electron chi connectivity index (χ0n) is 12.6. The van der Waals surface area contributed by atoms with Crippen LogP contribution in [-0.2, 0) is 0 Å². The predicted octanol–water partition coefficient (Wildman–Crippen LogP) is 3.30. The van der Waals surface area contributed by atoms with Gasteiger partial charge in [0.25, 0.3) is 0 Å². The lowest BCUT2D eigenvalue weighted by Crippen LogP contribution is -2.26. The van der Waals surface area contributed by atoms with Crippen LogP contribution in [0, 0.1) is 0 Å². The van der Waals surface area contributed by atoms with Gasteiger partial charge in [0, 0.05) is 10.4 Å². The Labute approximate surface area is 137 Å². The maximum Gasteiger partial charge on any atom is 0.309 e. The number of amides is 1. The third-order valence-corrected chi connectivity index (χ3v) is 4.33. The van der Waals surface area contributed by atoms with Gasteiger partial charge in [-0.2, -0.15) is 0 Å². The SMILES string of the molecule is COc1ccc(-c2nnc(C(=O)N[C@H](C)c3cccs3)o2)cc1. The maximum atomic E-state index is 12.2. The van der Waals surface area contributed by atoms with E-state index in [9.17, 15) is 4.79 Å². The van der Waals surface area contributed by atoms with Crippen LogP contribution in [0.25, 0.3) is 11.5 Å². The number of rotatable bonds is 5. The first-order chi connectivity index (χ1) is 11.2. The lowest BCUT2D eigenvalue weighted by Gasteiger charge is -2.09. The molecule has 2 aromatic heterocycles. The van der Waals surface area contributed by atoms with Crippen molar-refractivity contribution in [1.29, 1.82) is 0 Å². The van der Waals surface area contributed by atoms with E-state index in [1.165, 1.54) is 0 Å². The number of thiophene rings is 1. The van der Waals surface area contributed by atoms with E-state index in [-0.39, 0.29) is 11.9 Å². The van der Waals surface area contributed by atoms with Crippen molar-refractivity contribution >= 4 is 17.2 Å². The van der Waals surface area contributed by atoms with Gasteiger partial charge in [-0.1, -0.05) is 6.07 Å². The number of benzene rings is 1. The molecule has 0 bridgehead atoms. The second kappa shape index (κ2) is 6.62. The number of carbonyl (C=O) groups excluding carboxylic acids is 1. The summed E-state index contributed by atoms with van der Waals surface area (Å²) in [5, 5.41) is 12.5. The highest BCUT2D eigenvalue weighted by Gasteiger charge is 2.18. The second-order valence-corrected chi connectivity index (χ2v) is 5.83. The molecular weight excluding hydrogens is 314 g/mol. The predicted molar refractivity (Wildman–Crippen MR) is 86.5 cm³/mol. The fourth-order valence-corrected chi connectivity index (χ4v) is 2.77. The maximum absolute atomic E-state index is 12.2. The number of methoxy groups -OCH3 is 1. The number of hydrogen-bond acceptors (Lipinski definition) is 6. The average molecular weight is 329 g/mol. The van der Waals surface area contributed by atoms with Crippen LogP contribution >= 0.6 is 11.3 Å². The topological polar surface area (TPSA) is 77.2 Å². The van der Waals surface area contributed by atoms with Crippen molar-refractivity contribution in [1.82, 2.24) is 15.5 Å². The summed E-state index contributed by atoms with van der Waals surface area (Å²) in [4.78, 5) is 13.2. The van der Waals surface area contributed by atoms with E-state index in [1.807, 2.05) is 24.4 Å². The van der Waals surface area contributed by atoms with Crippen molar-refractivity contribution in [3.8, 4) is 17.2 Å². The minimum atomic E-state index is -0.391. The molecule has 3 rings (SSSR count). The van der Waals surface area contributed by atoms with Gasteiger partial charge in [0.1, 0.15) is 5.75 Å². The summed E-state index contributed by atoms with van der Waals surface area (Å²) in [6, 6.07) is 11.0. The molecule has 23 heavy (non-hydrogen) atoms. The van der Waals surface area contributed by atoms with Gasteiger partial charge in [-0.05, 0) is 42.6 Å². The first kappa shape index (κ1) is 15.2. The normalized spacial score (nSPS) is 11.9. The highest BCUT2D eigenvalue weighted by atomic mass is 32.1. The first-order valence-corrected chi connectivity index (χ1v) is 7.87. The Morgan fingerprint density at radius 2 is 2.04 bits per heavy atom. The van der Waals surface area contributed by atoms with Crippen LogP contribution in [0.1, 0.15) is 28.5 Å². The molecule has 0 saturated heterocycles. The van der Waals surface area contributed by atoms with E-state index in [1.54, 1.807) is 42.7 Å². The molecule has 7 heteroatoms. The minimum Gasteiger partial charge on any atom is -0.497 e. The number of nitrogens with zero attached hydrogens (tertiary/aromatic N) is 2. The van der Waals surface area contributed by atoms with Gasteiger partial charge in [0.15, 0.2) is 0 Å². The third-order valence-electron chi connectivity index (χ3n) is 3.27. The molecule has 3 aromatic rings. The van der Waals surface area contributed by atoms with Gasteiger partial charge < -0.3 is 14.5 Å². The summed E-state index contributed by atoms with van der Waals surface area (Å²) in [5.41, 5.74) is 0.726. The molecule has 1 atom stereocenters. The van der Waals surface area contributed by atoms with E-state index in [0.29, 0.717) is 5.89 Å². The average Bonchev–Trinajstić information content (AvgIpc) is 3.26. The first-order valence-electron chi connectivity index (χ1n) is 6.99. The van der Waals surface area contributed by atoms with Gasteiger partial charge in [-0.3, -0.25) is 4.79 Å². The molecule has 0 unspecified atom stereocenters. The monoisotopic (exact) mass is 329 g/mol. The molecule has 0 aliphatic heterocycles. The number of carbonyl (C=O) groups is 1. The van der Waals surface area contributed by atoms with E-state index in [2.05, 4.69) is 15.5 Å². The van der Waals surface area contributed by atoms with Crippen molar-refractivity contribution in [3.05, 3.63) is 52.5 Å². The molecular formula is C16H15N3O3S. The molecule has 1 aromatic carbocycles. The molecule has 118 valence electrons. The Morgan fingerprint density at radius 3 is 2.70 bits per heavy atom. The highest BCUT2D eigenvalue weighted by molar-refractivity contribution is 7.10. The van der Waals surface area contributed by atoms with E-state index < -0.39 is 5.91 Å². The van der Waals surface area contributed by atoms with Crippen LogP contribution in [0.5, 0.6) is 5.75 Å². The van der Waals surface area contributed by atoms with Crippen LogP contribution in [0.15, 0.2) is 46.2 Å². The summed E-state index contributed by atoms with van der Waals surface area (Å²) in [6.45, 7) is 1.91. The molecule has 0 saturated carbocycles. The summed E-state index contributed by atoms with van der Waals surface area (Å²) in [6.07, 6.45) is 0. The van der Waals surface area contributed by atoms with E-state index >= 15 is 0 Å². The van der Waals surface area contributed by atoms with Crippen molar-refractivity contribution in [2.45, 2.75) is 13.0 Å². The highest BCUT2D eigenvalue weighted by Crippen LogP contribution is 2.22. The van der Waals surface area contributed by atoms with Crippen LogP contribution < -0.4 is 10.1 Å². The van der Waals surface area contributed by atoms with E-state index in [0.717, 1.165) is 16.2 Å². The zero-order valence-corrected chi connectivity index (χ0v) is 13.5. The van der Waals surface area contributed by atoms with Crippen molar-refractivity contribution in [2.75, 3.05) is 7.11 Å². The van der Waals surface area contributed by atoms with Gasteiger partial charge in [-0.15, -0.1) is 21.5 Å². The zero-order chi connectivity index (χ0) is 16.2. The smallest absolute Gasteiger partial charge is 0.309 e. The van der Waals surface area contributed by atoms with Crippen molar-refractivity contribution in [2.24, 2.45) is 0 Å². The minimum absolute atomic E-state index is 0.0563. The number of hydrogen-bond donors (Lipinski definition) is 1. The summed E-state index contributed by atoms with van der Waals surface area (Å²) < 4.78 is 10.5. The fourth-order valence-electron chi connectivity index (χ4n) is 2.03. The Balaban J connectivity index is 1.71. The molecule has 6 nitrogen and oxygen atoms in total. The molecule has 2 heterocycles. The summed E-state index contributed by atoms with van der Waals surface area (Å²) >= 11 is 1.58. The van der Waals surface area contributed by atoms with Crippen molar-refractivity contribution in [3.63, 3.8) is 0 Å². The third kappa shape index (κ3) is 3.40. The van der Waals surface area contributed by atoms with Crippen LogP contribution in [-0.4, -0.2) is 23.2 Å². The Kier molecular flexibility index (Phi) is 4.38. The second-order valence-electron chi connectivity index (χ2n) is 4.85. The summed E-state index contributed by atoms with van der Waals surface area (Å²) in [5.74, 6) is 0.579. The Morgan fingerprint density at radius 1 is 1.26 bits per heavy atom. The fraction of sp³-hybridized carbons (Fsp3) is 0.188. The van der Waals surface area contributed by atoms with Gasteiger partial charge in [0.2, 0.25) is 5.89 Å². The lowest BCUT2D eigenvalue weighted by atomic mass is 10.2. The van der Waals surface area contributed by atoms with Crippen LogP contribution in [0.4, 0.5) is 0 Å². The largest absolute Gasteiger partial charge is 0.497 e. The molecule has 0 fully saturated rings. The number of aromatic nitrogens is 2. The molecule has 1 N–H and O–H groups in total. The molecule has 0 aliphatic carbocycles. The molecule has 0 aliphatic rings. The number of ether oxygens (including phenoxy) is 1. The van der Waals surface area contributed by atoms with Gasteiger partial charge >= 0.3 is 11.8 Å². The summed E-state index contributed by atoms with van der Waals surface area (Å²) in [7, 11) is 1.60. The number of nitrogens with one attached hydrogen (secondary N) is 1. The van der Waals surface area contributed by atoms with E-state index in [4.69, 9.17) is 9.15 Å². The van der Waals surface area contributed by atoms with Crippen LogP contribution in [0.3, 0.4) is 0 Å². The quantitative estimate of drug-likeness (QED) is 0.777. The van der Waals surface area contributed by atoms with Crippen molar-refractivity contribution < 1.29 is 13.9 Å². The Bertz CT molecular complexity index is 781. The van der Waals surface area contributed by atoms with Crippen LogP contribution in [0.2, 0.25) is 0 Å². The molecule has 1 amide bonds. The molecule has 0 spiro atoms.